The fraction of sp³-hybridized carbons (Fsp3) is 0.250. The highest BCUT2D eigenvalue weighted by Gasteiger charge is 2.03. The molecule has 0 N–H and O–H groups in total. The van der Waals surface area contributed by atoms with Crippen LogP contribution in [0.15, 0.2) is 24.4 Å². The minimum absolute atomic E-state index is 0.899. The molecule has 0 unspecified atom stereocenters. The normalized spacial score (nSPS) is 10.5. The predicted molar refractivity (Wildman–Crippen MR) is 57.8 cm³/mol. The van der Waals surface area contributed by atoms with Crippen LogP contribution in [0.1, 0.15) is 11.1 Å². The van der Waals surface area contributed by atoms with Crippen LogP contribution >= 0.6 is 0 Å². The smallest absolute Gasteiger partial charge is 0.123 e. The van der Waals surface area contributed by atoms with Crippen LogP contribution in [0.25, 0.3) is 10.9 Å². The Morgan fingerprint density at radius 1 is 1.14 bits per heavy atom. The second-order valence-corrected chi connectivity index (χ2v) is 3.47. The summed E-state index contributed by atoms with van der Waals surface area (Å²) in [7, 11) is 1.68. The fourth-order valence-corrected chi connectivity index (χ4v) is 1.64. The summed E-state index contributed by atoms with van der Waals surface area (Å²) < 4.78 is 5.25. The van der Waals surface area contributed by atoms with Gasteiger partial charge in [0.05, 0.1) is 12.6 Å². The average molecular weight is 187 g/mol. The molecule has 72 valence electrons. The summed E-state index contributed by atoms with van der Waals surface area (Å²) in [6, 6.07) is 6.13. The lowest BCUT2D eigenvalue weighted by Crippen LogP contribution is -1.89. The molecule has 0 fully saturated rings. The van der Waals surface area contributed by atoms with Crippen molar-refractivity contribution < 1.29 is 4.74 Å². The van der Waals surface area contributed by atoms with Crippen LogP contribution in [0, 0.1) is 13.8 Å². The van der Waals surface area contributed by atoms with E-state index in [2.05, 4.69) is 18.0 Å². The fourth-order valence-electron chi connectivity index (χ4n) is 1.64. The number of aromatic nitrogens is 1. The largest absolute Gasteiger partial charge is 0.496 e. The van der Waals surface area contributed by atoms with E-state index in [9.17, 15) is 0 Å². The van der Waals surface area contributed by atoms with Crippen molar-refractivity contribution in [3.8, 4) is 5.75 Å². The van der Waals surface area contributed by atoms with E-state index in [1.807, 2.05) is 25.3 Å². The number of nitrogens with zero attached hydrogens (tertiary/aromatic N) is 1. The van der Waals surface area contributed by atoms with Crippen molar-refractivity contribution in [3.05, 3.63) is 35.5 Å². The molecule has 0 atom stereocenters. The van der Waals surface area contributed by atoms with Crippen LogP contribution in [0.4, 0.5) is 0 Å². The van der Waals surface area contributed by atoms with Gasteiger partial charge in [-0.05, 0) is 37.1 Å². The maximum atomic E-state index is 5.25. The topological polar surface area (TPSA) is 22.1 Å². The van der Waals surface area contributed by atoms with Gasteiger partial charge in [-0.1, -0.05) is 0 Å². The predicted octanol–water partition coefficient (Wildman–Crippen LogP) is 2.86. The van der Waals surface area contributed by atoms with Crippen molar-refractivity contribution in [2.75, 3.05) is 7.11 Å². The lowest BCUT2D eigenvalue weighted by molar-refractivity contribution is 0.412. The molecule has 2 aromatic rings. The van der Waals surface area contributed by atoms with Crippen molar-refractivity contribution in [3.63, 3.8) is 0 Å². The molecule has 0 aliphatic rings. The summed E-state index contributed by atoms with van der Waals surface area (Å²) in [4.78, 5) is 4.31. The summed E-state index contributed by atoms with van der Waals surface area (Å²) in [5.74, 6) is 0.899. The highest BCUT2D eigenvalue weighted by molar-refractivity contribution is 5.84. The molecule has 0 aliphatic heterocycles. The molecule has 2 nitrogen and oxygen atoms in total. The first-order chi connectivity index (χ1) is 6.72. The van der Waals surface area contributed by atoms with Crippen LogP contribution in [0.2, 0.25) is 0 Å². The van der Waals surface area contributed by atoms with Crippen molar-refractivity contribution in [1.82, 2.24) is 4.98 Å². The number of aryl methyl sites for hydroxylation is 2. The maximum Gasteiger partial charge on any atom is 0.123 e. The van der Waals surface area contributed by atoms with Gasteiger partial charge >= 0.3 is 0 Å². The number of ether oxygens (including phenoxy) is 1. The Kier molecular flexibility index (Phi) is 2.12. The van der Waals surface area contributed by atoms with E-state index >= 15 is 0 Å². The van der Waals surface area contributed by atoms with Crippen molar-refractivity contribution in [2.45, 2.75) is 13.8 Å². The number of rotatable bonds is 1. The minimum Gasteiger partial charge on any atom is -0.496 e. The van der Waals surface area contributed by atoms with Gasteiger partial charge in [-0.3, -0.25) is 4.98 Å². The van der Waals surface area contributed by atoms with Crippen molar-refractivity contribution in [1.29, 1.82) is 0 Å². The standard InChI is InChI=1S/C12H13NO/c1-8-4-5-13-11-7-12(14-3)9(2)6-10(8)11/h4-7H,1-3H3. The molecule has 0 radical (unpaired) electrons. The molecule has 1 aromatic carbocycles. The van der Waals surface area contributed by atoms with E-state index in [1.54, 1.807) is 7.11 Å². The zero-order valence-corrected chi connectivity index (χ0v) is 8.66. The number of pyridine rings is 1. The molecular weight excluding hydrogens is 174 g/mol. The van der Waals surface area contributed by atoms with Gasteiger partial charge in [-0.2, -0.15) is 0 Å². The molecule has 1 aromatic heterocycles. The van der Waals surface area contributed by atoms with Crippen LogP contribution < -0.4 is 4.74 Å². The molecule has 14 heavy (non-hydrogen) atoms. The second kappa shape index (κ2) is 3.29. The number of hydrogen-bond acceptors (Lipinski definition) is 2. The zero-order chi connectivity index (χ0) is 10.1. The lowest BCUT2D eigenvalue weighted by atomic mass is 10.1. The Morgan fingerprint density at radius 2 is 1.93 bits per heavy atom. The van der Waals surface area contributed by atoms with Gasteiger partial charge in [0.25, 0.3) is 0 Å². The van der Waals surface area contributed by atoms with Gasteiger partial charge in [0.2, 0.25) is 0 Å². The van der Waals surface area contributed by atoms with Crippen LogP contribution in [0.3, 0.4) is 0 Å². The summed E-state index contributed by atoms with van der Waals surface area (Å²) >= 11 is 0. The highest BCUT2D eigenvalue weighted by atomic mass is 16.5. The molecule has 0 saturated carbocycles. The van der Waals surface area contributed by atoms with Crippen molar-refractivity contribution in [2.24, 2.45) is 0 Å². The summed E-state index contributed by atoms with van der Waals surface area (Å²) in [6.45, 7) is 4.14. The molecule has 0 spiro atoms. The first-order valence-electron chi connectivity index (χ1n) is 4.62. The Labute approximate surface area is 83.5 Å². The lowest BCUT2D eigenvalue weighted by Gasteiger charge is -2.07. The average Bonchev–Trinajstić information content (AvgIpc) is 2.19. The molecule has 2 heteroatoms. The van der Waals surface area contributed by atoms with Gasteiger partial charge in [-0.15, -0.1) is 0 Å². The van der Waals surface area contributed by atoms with E-state index in [0.717, 1.165) is 16.8 Å². The van der Waals surface area contributed by atoms with E-state index in [1.165, 1.54) is 10.9 Å². The Hall–Kier alpha value is -1.57. The monoisotopic (exact) mass is 187 g/mol. The van der Waals surface area contributed by atoms with Gasteiger partial charge in [-0.25, -0.2) is 0 Å². The third kappa shape index (κ3) is 1.33. The number of hydrogen-bond donors (Lipinski definition) is 0. The van der Waals surface area contributed by atoms with Crippen LogP contribution in [0.5, 0.6) is 5.75 Å². The molecule has 0 amide bonds. The third-order valence-electron chi connectivity index (χ3n) is 2.48. The van der Waals surface area contributed by atoms with E-state index < -0.39 is 0 Å². The van der Waals surface area contributed by atoms with Crippen LogP contribution in [-0.2, 0) is 0 Å². The Bertz CT molecular complexity index is 477. The Morgan fingerprint density at radius 3 is 2.64 bits per heavy atom. The van der Waals surface area contributed by atoms with Gasteiger partial charge in [0.15, 0.2) is 0 Å². The van der Waals surface area contributed by atoms with Gasteiger partial charge < -0.3 is 4.74 Å². The highest BCUT2D eigenvalue weighted by Crippen LogP contribution is 2.25. The van der Waals surface area contributed by atoms with E-state index in [4.69, 9.17) is 4.74 Å². The molecule has 2 rings (SSSR count). The van der Waals surface area contributed by atoms with Gasteiger partial charge in [0.1, 0.15) is 5.75 Å². The molecular formula is C12H13NO. The first-order valence-corrected chi connectivity index (χ1v) is 4.62. The molecule has 0 saturated heterocycles. The number of fused-ring (bicyclic) bond motifs is 1. The summed E-state index contributed by atoms with van der Waals surface area (Å²) in [5.41, 5.74) is 3.39. The maximum absolute atomic E-state index is 5.25. The summed E-state index contributed by atoms with van der Waals surface area (Å²) in [6.07, 6.45) is 1.83. The molecule has 1 heterocycles. The summed E-state index contributed by atoms with van der Waals surface area (Å²) in [5, 5.41) is 1.20. The van der Waals surface area contributed by atoms with Crippen LogP contribution in [-0.4, -0.2) is 12.1 Å². The van der Waals surface area contributed by atoms with Crippen molar-refractivity contribution >= 4 is 10.9 Å². The number of benzene rings is 1. The zero-order valence-electron chi connectivity index (χ0n) is 8.66. The molecule has 0 bridgehead atoms. The first kappa shape index (κ1) is 9.00. The quantitative estimate of drug-likeness (QED) is 0.684. The van der Waals surface area contributed by atoms with E-state index in [-0.39, 0.29) is 0 Å². The Balaban J connectivity index is 2.79. The SMILES string of the molecule is COc1cc2nccc(C)c2cc1C. The molecule has 0 aliphatic carbocycles. The number of methoxy groups -OCH3 is 1. The van der Waals surface area contributed by atoms with Gasteiger partial charge in [0, 0.05) is 17.6 Å². The minimum atomic E-state index is 0.899. The third-order valence-corrected chi connectivity index (χ3v) is 2.48. The van der Waals surface area contributed by atoms with E-state index in [0.29, 0.717) is 0 Å². The second-order valence-electron chi connectivity index (χ2n) is 3.47.